The van der Waals surface area contributed by atoms with Crippen molar-refractivity contribution in [1.29, 1.82) is 0 Å². The van der Waals surface area contributed by atoms with Gasteiger partial charge in [-0.05, 0) is 37.1 Å². The number of pyridine rings is 1. The van der Waals surface area contributed by atoms with Crippen molar-refractivity contribution >= 4 is 18.7 Å². The largest absolute Gasteiger partial charge is 0.530 e. The molecular weight excluding hydrogens is 448 g/mol. The van der Waals surface area contributed by atoms with Crippen LogP contribution < -0.4 is 14.7 Å². The zero-order valence-electron chi connectivity index (χ0n) is 19.1. The number of nitrogens with one attached hydrogen (secondary N) is 1. The van der Waals surface area contributed by atoms with E-state index >= 15 is 0 Å². The van der Waals surface area contributed by atoms with Crippen LogP contribution in [0.3, 0.4) is 0 Å². The summed E-state index contributed by atoms with van der Waals surface area (Å²) in [5.41, 5.74) is 0.949. The molecule has 0 saturated heterocycles. The van der Waals surface area contributed by atoms with E-state index < -0.39 is 19.1 Å². The van der Waals surface area contributed by atoms with Gasteiger partial charge in [-0.1, -0.05) is 38.8 Å². The molecule has 7 nitrogen and oxygen atoms in total. The standard InChI is InChI=1S/C24H29FNO6P/c1-4-6-13-30-33(28,31-14-7-5-2)32-24-22(29-3)12-11-19-23(24)21(27)16-20(26-19)17-9-8-10-18(25)15-17/h8-12,15-16H,4-7,13-14H2,1-3H3,(H,26,27). The van der Waals surface area contributed by atoms with Crippen molar-refractivity contribution in [2.24, 2.45) is 0 Å². The first kappa shape index (κ1) is 25.0. The van der Waals surface area contributed by atoms with Crippen LogP contribution in [0, 0.1) is 5.82 Å². The quantitative estimate of drug-likeness (QED) is 0.238. The maximum absolute atomic E-state index is 13.7. The minimum absolute atomic E-state index is 0.0293. The third-order valence-electron chi connectivity index (χ3n) is 4.97. The fraction of sp³-hybridized carbons (Fsp3) is 0.375. The van der Waals surface area contributed by atoms with Crippen LogP contribution >= 0.6 is 7.82 Å². The zero-order valence-corrected chi connectivity index (χ0v) is 20.0. The molecule has 178 valence electrons. The van der Waals surface area contributed by atoms with Crippen LogP contribution in [0.4, 0.5) is 4.39 Å². The topological polar surface area (TPSA) is 86.8 Å². The summed E-state index contributed by atoms with van der Waals surface area (Å²) >= 11 is 0. The highest BCUT2D eigenvalue weighted by Crippen LogP contribution is 2.53. The number of aromatic nitrogens is 1. The lowest BCUT2D eigenvalue weighted by atomic mass is 10.1. The molecule has 9 heteroatoms. The average Bonchev–Trinajstić information content (AvgIpc) is 2.79. The van der Waals surface area contributed by atoms with Gasteiger partial charge in [0.25, 0.3) is 0 Å². The molecule has 0 aliphatic rings. The zero-order chi connectivity index (χ0) is 23.8. The number of ether oxygens (including phenoxy) is 1. The van der Waals surface area contributed by atoms with E-state index in [1.54, 1.807) is 24.3 Å². The molecular formula is C24H29FNO6P. The summed E-state index contributed by atoms with van der Waals surface area (Å²) in [6.07, 6.45) is 3.04. The van der Waals surface area contributed by atoms with Crippen molar-refractivity contribution in [3.8, 4) is 22.8 Å². The first-order chi connectivity index (χ1) is 15.9. The Hall–Kier alpha value is -2.67. The molecule has 1 aromatic heterocycles. The summed E-state index contributed by atoms with van der Waals surface area (Å²) in [5.74, 6) is -0.232. The van der Waals surface area contributed by atoms with Crippen molar-refractivity contribution < 1.29 is 27.3 Å². The molecule has 0 saturated carbocycles. The maximum Gasteiger partial charge on any atom is 0.530 e. The SMILES string of the molecule is CCCCOP(=O)(OCCCC)Oc1c(OC)ccc2[nH]c(-c3cccc(F)c3)cc(=O)c12. The minimum atomic E-state index is -4.02. The molecule has 0 fully saturated rings. The van der Waals surface area contributed by atoms with Crippen molar-refractivity contribution in [3.05, 3.63) is 58.5 Å². The fourth-order valence-corrected chi connectivity index (χ4v) is 4.49. The summed E-state index contributed by atoms with van der Waals surface area (Å²) in [4.78, 5) is 16.3. The number of methoxy groups -OCH3 is 1. The van der Waals surface area contributed by atoms with Crippen LogP contribution in [0.2, 0.25) is 0 Å². The van der Waals surface area contributed by atoms with Crippen LogP contribution in [0.5, 0.6) is 11.5 Å². The Morgan fingerprint density at radius 1 is 1.00 bits per heavy atom. The van der Waals surface area contributed by atoms with E-state index in [1.807, 2.05) is 13.8 Å². The Bertz CT molecular complexity index is 1180. The smallest absolute Gasteiger partial charge is 0.493 e. The predicted molar refractivity (Wildman–Crippen MR) is 126 cm³/mol. The normalized spacial score (nSPS) is 11.6. The van der Waals surface area contributed by atoms with Crippen LogP contribution in [0.25, 0.3) is 22.2 Å². The Kier molecular flexibility index (Phi) is 8.67. The second-order valence-corrected chi connectivity index (χ2v) is 9.08. The number of H-pyrrole nitrogens is 1. The molecule has 0 atom stereocenters. The summed E-state index contributed by atoms with van der Waals surface area (Å²) in [6.45, 7) is 4.34. The van der Waals surface area contributed by atoms with E-state index in [-0.39, 0.29) is 30.1 Å². The average molecular weight is 477 g/mol. The van der Waals surface area contributed by atoms with Gasteiger partial charge in [0.1, 0.15) is 5.82 Å². The first-order valence-corrected chi connectivity index (χ1v) is 12.5. The van der Waals surface area contributed by atoms with Crippen molar-refractivity contribution in [2.45, 2.75) is 39.5 Å². The van der Waals surface area contributed by atoms with E-state index in [0.29, 0.717) is 29.6 Å². The van der Waals surface area contributed by atoms with Gasteiger partial charge < -0.3 is 14.2 Å². The number of halogens is 1. The molecule has 2 aromatic carbocycles. The van der Waals surface area contributed by atoms with Gasteiger partial charge in [0.2, 0.25) is 0 Å². The van der Waals surface area contributed by atoms with Gasteiger partial charge in [0.05, 0.1) is 31.2 Å². The predicted octanol–water partition coefficient (Wildman–Crippen LogP) is 6.46. The summed E-state index contributed by atoms with van der Waals surface area (Å²) < 4.78 is 49.3. The number of aromatic amines is 1. The molecule has 0 aliphatic carbocycles. The van der Waals surface area contributed by atoms with E-state index in [1.165, 1.54) is 25.3 Å². The lowest BCUT2D eigenvalue weighted by Gasteiger charge is -2.21. The van der Waals surface area contributed by atoms with Gasteiger partial charge in [-0.15, -0.1) is 0 Å². The number of hydrogen-bond acceptors (Lipinski definition) is 6. The number of phosphoric ester groups is 1. The van der Waals surface area contributed by atoms with Crippen LogP contribution in [0.15, 0.2) is 47.3 Å². The molecule has 1 heterocycles. The minimum Gasteiger partial charge on any atom is -0.493 e. The second-order valence-electron chi connectivity index (χ2n) is 7.49. The number of unbranched alkanes of at least 4 members (excludes halogenated alkanes) is 2. The lowest BCUT2D eigenvalue weighted by Crippen LogP contribution is -2.10. The van der Waals surface area contributed by atoms with E-state index in [2.05, 4.69) is 4.98 Å². The van der Waals surface area contributed by atoms with Crippen LogP contribution in [-0.4, -0.2) is 25.3 Å². The molecule has 3 rings (SSSR count). The number of phosphoric acid groups is 1. The van der Waals surface area contributed by atoms with E-state index in [4.69, 9.17) is 18.3 Å². The molecule has 0 unspecified atom stereocenters. The van der Waals surface area contributed by atoms with Gasteiger partial charge in [-0.25, -0.2) is 8.96 Å². The Labute approximate surface area is 192 Å². The number of rotatable bonds is 12. The van der Waals surface area contributed by atoms with Gasteiger partial charge in [0.15, 0.2) is 16.9 Å². The van der Waals surface area contributed by atoms with E-state index in [0.717, 1.165) is 12.8 Å². The molecule has 1 N–H and O–H groups in total. The monoisotopic (exact) mass is 477 g/mol. The third kappa shape index (κ3) is 6.22. The molecule has 3 aromatic rings. The number of fused-ring (bicyclic) bond motifs is 1. The Balaban J connectivity index is 2.07. The molecule has 0 spiro atoms. The van der Waals surface area contributed by atoms with Crippen molar-refractivity contribution in [1.82, 2.24) is 4.98 Å². The van der Waals surface area contributed by atoms with Crippen LogP contribution in [0.1, 0.15) is 39.5 Å². The second kappa shape index (κ2) is 11.5. The van der Waals surface area contributed by atoms with Gasteiger partial charge in [-0.3, -0.25) is 13.8 Å². The van der Waals surface area contributed by atoms with Gasteiger partial charge in [0, 0.05) is 17.3 Å². The third-order valence-corrected chi connectivity index (χ3v) is 6.37. The van der Waals surface area contributed by atoms with Gasteiger partial charge >= 0.3 is 7.82 Å². The summed E-state index contributed by atoms with van der Waals surface area (Å²) in [6, 6.07) is 10.5. The van der Waals surface area contributed by atoms with Gasteiger partial charge in [-0.2, -0.15) is 0 Å². The molecule has 0 radical (unpaired) electrons. The molecule has 0 amide bonds. The highest BCUT2D eigenvalue weighted by Gasteiger charge is 2.31. The Morgan fingerprint density at radius 3 is 2.30 bits per heavy atom. The van der Waals surface area contributed by atoms with Crippen molar-refractivity contribution in [3.63, 3.8) is 0 Å². The first-order valence-electron chi connectivity index (χ1n) is 11.0. The molecule has 0 bridgehead atoms. The molecule has 0 aliphatic heterocycles. The summed E-state index contributed by atoms with van der Waals surface area (Å²) in [5, 5.41) is 0.132. The fourth-order valence-electron chi connectivity index (χ4n) is 3.20. The lowest BCUT2D eigenvalue weighted by molar-refractivity contribution is 0.151. The Morgan fingerprint density at radius 2 is 1.70 bits per heavy atom. The van der Waals surface area contributed by atoms with E-state index in [9.17, 15) is 13.8 Å². The van der Waals surface area contributed by atoms with Crippen LogP contribution in [-0.2, 0) is 13.6 Å². The highest BCUT2D eigenvalue weighted by atomic mass is 31.2. The molecule has 33 heavy (non-hydrogen) atoms. The summed E-state index contributed by atoms with van der Waals surface area (Å²) in [7, 11) is -2.60. The number of hydrogen-bond donors (Lipinski definition) is 1. The number of benzene rings is 2. The maximum atomic E-state index is 13.7. The highest BCUT2D eigenvalue weighted by molar-refractivity contribution is 7.49. The van der Waals surface area contributed by atoms with Crippen molar-refractivity contribution in [2.75, 3.05) is 20.3 Å².